The van der Waals surface area contributed by atoms with E-state index >= 15 is 0 Å². The SMILES string of the molecule is CO[P+](=O)ONC(C)=O. The predicted molar refractivity (Wildman–Crippen MR) is 29.5 cm³/mol. The van der Waals surface area contributed by atoms with Crippen LogP contribution in [0.4, 0.5) is 0 Å². The molecule has 0 radical (unpaired) electrons. The Morgan fingerprint density at radius 2 is 2.22 bits per heavy atom. The highest BCUT2D eigenvalue weighted by molar-refractivity contribution is 7.33. The quantitative estimate of drug-likeness (QED) is 0.468. The van der Waals surface area contributed by atoms with Crippen LogP contribution in [0.3, 0.4) is 0 Å². The first-order valence-corrected chi connectivity index (χ1v) is 3.21. The molecule has 52 valence electrons. The molecule has 0 aliphatic carbocycles. The van der Waals surface area contributed by atoms with E-state index in [0.29, 0.717) is 0 Å². The Balaban J connectivity index is 3.28. The maximum absolute atomic E-state index is 10.2. The third kappa shape index (κ3) is 5.36. The van der Waals surface area contributed by atoms with Crippen LogP contribution in [0.5, 0.6) is 0 Å². The van der Waals surface area contributed by atoms with Crippen LogP contribution >= 0.6 is 8.25 Å². The van der Waals surface area contributed by atoms with Gasteiger partial charge in [-0.1, -0.05) is 0 Å². The molecule has 0 saturated heterocycles. The van der Waals surface area contributed by atoms with Crippen LogP contribution in [0.15, 0.2) is 0 Å². The Morgan fingerprint density at radius 1 is 1.67 bits per heavy atom. The highest BCUT2D eigenvalue weighted by Gasteiger charge is 2.17. The summed E-state index contributed by atoms with van der Waals surface area (Å²) in [4.78, 5) is 10.0. The lowest BCUT2D eigenvalue weighted by atomic mass is 10.8. The largest absolute Gasteiger partial charge is 0.721 e. The van der Waals surface area contributed by atoms with E-state index in [1.54, 1.807) is 0 Å². The maximum atomic E-state index is 10.2. The lowest BCUT2D eigenvalue weighted by Crippen LogP contribution is -2.16. The summed E-state index contributed by atoms with van der Waals surface area (Å²) >= 11 is 0. The lowest BCUT2D eigenvalue weighted by Gasteiger charge is -1.84. The van der Waals surface area contributed by atoms with Crippen LogP contribution in [-0.2, 0) is 18.5 Å². The molecular weight excluding hydrogens is 145 g/mol. The summed E-state index contributed by atoms with van der Waals surface area (Å²) in [5.74, 6) is -0.421. The van der Waals surface area contributed by atoms with Gasteiger partial charge >= 0.3 is 8.25 Å². The minimum atomic E-state index is -2.19. The molecule has 6 heteroatoms. The van der Waals surface area contributed by atoms with E-state index in [9.17, 15) is 9.36 Å². The average Bonchev–Trinajstić information content (AvgIpc) is 1.83. The Kier molecular flexibility index (Phi) is 4.13. The molecule has 0 aliphatic rings. The second kappa shape index (κ2) is 4.38. The first kappa shape index (κ1) is 8.49. The van der Waals surface area contributed by atoms with Crippen molar-refractivity contribution in [1.82, 2.24) is 5.48 Å². The third-order valence-electron chi connectivity index (χ3n) is 0.413. The Hall–Kier alpha value is -0.510. The Morgan fingerprint density at radius 3 is 2.56 bits per heavy atom. The summed E-state index contributed by atoms with van der Waals surface area (Å²) in [6, 6.07) is 0. The smallest absolute Gasteiger partial charge is 0.273 e. The number of hydrogen-bond donors (Lipinski definition) is 1. The molecule has 1 atom stereocenters. The molecule has 0 spiro atoms. The topological polar surface area (TPSA) is 64.6 Å². The fraction of sp³-hybridized carbons (Fsp3) is 0.667. The van der Waals surface area contributed by atoms with E-state index in [4.69, 9.17) is 0 Å². The van der Waals surface area contributed by atoms with Crippen molar-refractivity contribution in [2.45, 2.75) is 6.92 Å². The Bertz CT molecular complexity index is 125. The first-order valence-electron chi connectivity index (χ1n) is 2.11. The van der Waals surface area contributed by atoms with E-state index < -0.39 is 14.2 Å². The van der Waals surface area contributed by atoms with Gasteiger partial charge in [0.05, 0.1) is 7.11 Å². The van der Waals surface area contributed by atoms with Gasteiger partial charge in [0.15, 0.2) is 0 Å². The van der Waals surface area contributed by atoms with Crippen molar-refractivity contribution >= 4 is 14.2 Å². The first-order chi connectivity index (χ1) is 4.16. The van der Waals surface area contributed by atoms with E-state index in [1.807, 2.05) is 5.48 Å². The molecule has 0 saturated carbocycles. The minimum Gasteiger partial charge on any atom is -0.273 e. The Labute approximate surface area is 53.2 Å². The molecule has 0 heterocycles. The van der Waals surface area contributed by atoms with Crippen LogP contribution in [0, 0.1) is 0 Å². The lowest BCUT2D eigenvalue weighted by molar-refractivity contribution is -0.125. The molecule has 0 aliphatic heterocycles. The van der Waals surface area contributed by atoms with Crippen molar-refractivity contribution in [3.63, 3.8) is 0 Å². The average molecular weight is 152 g/mol. The van der Waals surface area contributed by atoms with Gasteiger partial charge in [0, 0.05) is 16.1 Å². The summed E-state index contributed by atoms with van der Waals surface area (Å²) in [5.41, 5.74) is 1.85. The van der Waals surface area contributed by atoms with Gasteiger partial charge in [0.1, 0.15) is 0 Å². The fourth-order valence-corrected chi connectivity index (χ4v) is 0.416. The summed E-state index contributed by atoms with van der Waals surface area (Å²) < 4.78 is 18.5. The molecule has 0 fully saturated rings. The predicted octanol–water partition coefficient (Wildman–Crippen LogP) is 0.358. The molecule has 0 aromatic rings. The molecule has 1 N–H and O–H groups in total. The molecular formula is C3H7NO4P+. The third-order valence-corrected chi connectivity index (χ3v) is 0.951. The monoisotopic (exact) mass is 152 g/mol. The molecule has 0 rings (SSSR count). The number of carbonyl (C=O) groups is 1. The highest BCUT2D eigenvalue weighted by atomic mass is 31.1. The van der Waals surface area contributed by atoms with Crippen LogP contribution < -0.4 is 5.48 Å². The summed E-state index contributed by atoms with van der Waals surface area (Å²) in [5, 5.41) is 0. The van der Waals surface area contributed by atoms with Crippen molar-refractivity contribution in [2.75, 3.05) is 7.11 Å². The zero-order valence-corrected chi connectivity index (χ0v) is 5.97. The van der Waals surface area contributed by atoms with Gasteiger partial charge in [-0.05, 0) is 0 Å². The molecule has 0 aromatic carbocycles. The van der Waals surface area contributed by atoms with Crippen molar-refractivity contribution < 1.29 is 18.5 Å². The zero-order valence-electron chi connectivity index (χ0n) is 5.08. The molecule has 1 unspecified atom stereocenters. The van der Waals surface area contributed by atoms with E-state index in [0.717, 1.165) is 0 Å². The highest BCUT2D eigenvalue weighted by Crippen LogP contribution is 2.18. The van der Waals surface area contributed by atoms with E-state index in [-0.39, 0.29) is 0 Å². The summed E-state index contributed by atoms with van der Waals surface area (Å²) in [6.07, 6.45) is 0. The summed E-state index contributed by atoms with van der Waals surface area (Å²) in [7, 11) is -0.984. The number of hydroxylamine groups is 1. The van der Waals surface area contributed by atoms with Crippen molar-refractivity contribution in [1.29, 1.82) is 0 Å². The van der Waals surface area contributed by atoms with E-state index in [2.05, 4.69) is 9.15 Å². The number of carbonyl (C=O) groups excluding carboxylic acids is 1. The molecule has 0 bridgehead atoms. The fourth-order valence-electron chi connectivity index (χ4n) is 0.139. The van der Waals surface area contributed by atoms with Gasteiger partial charge in [-0.25, -0.2) is 0 Å². The van der Waals surface area contributed by atoms with Gasteiger partial charge in [-0.3, -0.25) is 4.79 Å². The van der Waals surface area contributed by atoms with Gasteiger partial charge < -0.3 is 0 Å². The van der Waals surface area contributed by atoms with Gasteiger partial charge in [0.2, 0.25) is 5.91 Å². The molecule has 0 aromatic heterocycles. The zero-order chi connectivity index (χ0) is 7.28. The van der Waals surface area contributed by atoms with Crippen LogP contribution in [-0.4, -0.2) is 13.0 Å². The van der Waals surface area contributed by atoms with Crippen LogP contribution in [0.25, 0.3) is 0 Å². The summed E-state index contributed by atoms with van der Waals surface area (Å²) in [6.45, 7) is 1.23. The minimum absolute atomic E-state index is 0.421. The molecule has 1 amide bonds. The normalized spacial score (nSPS) is 10.7. The number of rotatable bonds is 3. The van der Waals surface area contributed by atoms with Gasteiger partial charge in [-0.15, -0.1) is 4.52 Å². The van der Waals surface area contributed by atoms with Crippen molar-refractivity contribution in [3.05, 3.63) is 0 Å². The standard InChI is InChI=1S/C3H6NO4P/c1-3(5)4-8-9(6)7-2/h1-2H3/p+1. The molecule has 9 heavy (non-hydrogen) atoms. The van der Waals surface area contributed by atoms with Crippen LogP contribution in [0.2, 0.25) is 0 Å². The molecule has 5 nitrogen and oxygen atoms in total. The number of hydrogen-bond acceptors (Lipinski definition) is 4. The second-order valence-corrected chi connectivity index (χ2v) is 2.15. The van der Waals surface area contributed by atoms with Gasteiger partial charge in [-0.2, -0.15) is 5.48 Å². The van der Waals surface area contributed by atoms with Gasteiger partial charge in [0.25, 0.3) is 0 Å². The number of amides is 1. The van der Waals surface area contributed by atoms with Crippen molar-refractivity contribution in [3.8, 4) is 0 Å². The maximum Gasteiger partial charge on any atom is 0.721 e. The number of nitrogens with one attached hydrogen (secondary N) is 1. The van der Waals surface area contributed by atoms with E-state index in [1.165, 1.54) is 14.0 Å². The van der Waals surface area contributed by atoms with Crippen molar-refractivity contribution in [2.24, 2.45) is 0 Å². The second-order valence-electron chi connectivity index (χ2n) is 1.16. The van der Waals surface area contributed by atoms with Crippen LogP contribution in [0.1, 0.15) is 6.92 Å².